The van der Waals surface area contributed by atoms with Crippen molar-refractivity contribution in [2.24, 2.45) is 12.8 Å². The van der Waals surface area contributed by atoms with Crippen LogP contribution in [0.2, 0.25) is 0 Å². The summed E-state index contributed by atoms with van der Waals surface area (Å²) < 4.78 is 7.30. The second-order valence-corrected chi connectivity index (χ2v) is 5.84. The zero-order valence-electron chi connectivity index (χ0n) is 13.4. The van der Waals surface area contributed by atoms with Crippen LogP contribution in [0.25, 0.3) is 10.9 Å². The third kappa shape index (κ3) is 2.10. The van der Waals surface area contributed by atoms with Gasteiger partial charge < -0.3 is 15.0 Å². The predicted octanol–water partition coefficient (Wildman–Crippen LogP) is 2.15. The highest BCUT2D eigenvalue weighted by Crippen LogP contribution is 2.42. The van der Waals surface area contributed by atoms with Crippen molar-refractivity contribution in [3.8, 4) is 11.8 Å². The number of aryl methyl sites for hydroxylation is 1. The molecule has 25 heavy (non-hydrogen) atoms. The van der Waals surface area contributed by atoms with E-state index < -0.39 is 5.92 Å². The number of hydrogen-bond donors (Lipinski definition) is 1. The molecule has 0 unspecified atom stereocenters. The molecule has 0 fully saturated rings. The number of hydrogen-bond acceptors (Lipinski definition) is 5. The first-order chi connectivity index (χ1) is 12.1. The van der Waals surface area contributed by atoms with E-state index >= 15 is 0 Å². The minimum Gasteiger partial charge on any atom is -0.439 e. The number of benzene rings is 1. The van der Waals surface area contributed by atoms with Gasteiger partial charge >= 0.3 is 0 Å². The van der Waals surface area contributed by atoms with Gasteiger partial charge in [-0.2, -0.15) is 5.26 Å². The minimum atomic E-state index is -0.606. The van der Waals surface area contributed by atoms with Crippen LogP contribution in [0.15, 0.2) is 65.0 Å². The summed E-state index contributed by atoms with van der Waals surface area (Å²) in [6, 6.07) is 13.1. The summed E-state index contributed by atoms with van der Waals surface area (Å²) >= 11 is 0. The molecule has 3 aromatic rings. The van der Waals surface area contributed by atoms with Crippen LogP contribution in [-0.4, -0.2) is 9.55 Å². The second-order valence-electron chi connectivity index (χ2n) is 5.84. The van der Waals surface area contributed by atoms with E-state index in [1.54, 1.807) is 30.1 Å². The number of fused-ring (bicyclic) bond motifs is 3. The van der Waals surface area contributed by atoms with Crippen LogP contribution in [0.4, 0.5) is 0 Å². The maximum atomic E-state index is 13.1. The number of nitrogens with zero attached hydrogens (tertiary/aromatic N) is 3. The molecule has 1 aliphatic rings. The number of aromatic nitrogens is 2. The Bertz CT molecular complexity index is 1120. The number of ether oxygens (including phenoxy) is 1. The quantitative estimate of drug-likeness (QED) is 0.738. The third-order valence-electron chi connectivity index (χ3n) is 4.48. The highest BCUT2D eigenvalue weighted by atomic mass is 16.5. The first-order valence-corrected chi connectivity index (χ1v) is 7.72. The van der Waals surface area contributed by atoms with E-state index in [-0.39, 0.29) is 17.0 Å². The van der Waals surface area contributed by atoms with Crippen molar-refractivity contribution >= 4 is 10.9 Å². The van der Waals surface area contributed by atoms with E-state index in [1.807, 2.05) is 30.3 Å². The number of nitrogens with two attached hydrogens (primary N) is 1. The molecule has 3 heterocycles. The molecule has 0 radical (unpaired) electrons. The topological polar surface area (TPSA) is 93.9 Å². The lowest BCUT2D eigenvalue weighted by Gasteiger charge is -2.27. The molecule has 0 aliphatic carbocycles. The largest absolute Gasteiger partial charge is 0.439 e. The van der Waals surface area contributed by atoms with Crippen LogP contribution in [0.5, 0.6) is 5.75 Å². The van der Waals surface area contributed by atoms with Crippen molar-refractivity contribution in [3.63, 3.8) is 0 Å². The third-order valence-corrected chi connectivity index (χ3v) is 4.48. The van der Waals surface area contributed by atoms with Crippen LogP contribution >= 0.6 is 0 Å². The van der Waals surface area contributed by atoms with Gasteiger partial charge in [0.15, 0.2) is 0 Å². The molecule has 0 spiro atoms. The molecular formula is C19H14N4O2. The van der Waals surface area contributed by atoms with Crippen LogP contribution in [0.3, 0.4) is 0 Å². The molecule has 0 amide bonds. The first-order valence-electron chi connectivity index (χ1n) is 7.72. The molecule has 0 bridgehead atoms. The van der Waals surface area contributed by atoms with Gasteiger partial charge in [-0.1, -0.05) is 18.2 Å². The monoisotopic (exact) mass is 330 g/mol. The fraction of sp³-hybridized carbons (Fsp3) is 0.105. The molecule has 1 atom stereocenters. The summed E-state index contributed by atoms with van der Waals surface area (Å²) in [5, 5.41) is 10.4. The van der Waals surface area contributed by atoms with Gasteiger partial charge in [-0.15, -0.1) is 0 Å². The molecule has 0 saturated heterocycles. The fourth-order valence-corrected chi connectivity index (χ4v) is 3.31. The Morgan fingerprint density at radius 3 is 2.80 bits per heavy atom. The van der Waals surface area contributed by atoms with Gasteiger partial charge in [0, 0.05) is 24.8 Å². The van der Waals surface area contributed by atoms with Gasteiger partial charge in [0.05, 0.1) is 17.0 Å². The molecule has 0 saturated carbocycles. The normalized spacial score (nSPS) is 16.2. The predicted molar refractivity (Wildman–Crippen MR) is 92.7 cm³/mol. The highest BCUT2D eigenvalue weighted by molar-refractivity contribution is 5.88. The molecule has 122 valence electrons. The van der Waals surface area contributed by atoms with Crippen molar-refractivity contribution in [3.05, 3.63) is 81.7 Å². The van der Waals surface area contributed by atoms with Crippen molar-refractivity contribution in [2.75, 3.05) is 0 Å². The summed E-state index contributed by atoms with van der Waals surface area (Å²) in [5.41, 5.74) is 7.88. The standard InChI is InChI=1S/C19H14N4O2/c1-23-14-7-3-2-6-12(14)17-16(19(23)24)15(11-5-4-8-22-10-11)13(9-20)18(21)25-17/h2-8,10,15H,21H2,1H3/t15-/m0/s1. The molecule has 1 aromatic carbocycles. The van der Waals surface area contributed by atoms with E-state index in [2.05, 4.69) is 11.1 Å². The fourth-order valence-electron chi connectivity index (χ4n) is 3.31. The lowest BCUT2D eigenvalue weighted by molar-refractivity contribution is 0.396. The Kier molecular flexibility index (Phi) is 3.29. The van der Waals surface area contributed by atoms with E-state index in [0.717, 1.165) is 16.5 Å². The average molecular weight is 330 g/mol. The van der Waals surface area contributed by atoms with Crippen LogP contribution in [0.1, 0.15) is 17.0 Å². The van der Waals surface area contributed by atoms with Crippen LogP contribution in [-0.2, 0) is 7.05 Å². The van der Waals surface area contributed by atoms with Gasteiger partial charge in [-0.3, -0.25) is 9.78 Å². The Labute approximate surface area is 143 Å². The summed E-state index contributed by atoms with van der Waals surface area (Å²) in [6.07, 6.45) is 3.28. The number of rotatable bonds is 1. The molecule has 4 rings (SSSR count). The lowest BCUT2D eigenvalue weighted by Crippen LogP contribution is -2.31. The maximum Gasteiger partial charge on any atom is 0.258 e. The van der Waals surface area contributed by atoms with E-state index in [4.69, 9.17) is 10.5 Å². The molecule has 6 heteroatoms. The molecular weight excluding hydrogens is 316 g/mol. The van der Waals surface area contributed by atoms with Crippen molar-refractivity contribution in [1.82, 2.24) is 9.55 Å². The maximum absolute atomic E-state index is 13.1. The molecule has 6 nitrogen and oxygen atoms in total. The van der Waals surface area contributed by atoms with E-state index in [0.29, 0.717) is 11.3 Å². The molecule has 2 aromatic heterocycles. The minimum absolute atomic E-state index is 0.0160. The zero-order valence-corrected chi connectivity index (χ0v) is 13.4. The Balaban J connectivity index is 2.15. The number of allylic oxidation sites excluding steroid dienone is 1. The van der Waals surface area contributed by atoms with Gasteiger partial charge in [0.1, 0.15) is 17.4 Å². The second kappa shape index (κ2) is 5.49. The Morgan fingerprint density at radius 1 is 1.28 bits per heavy atom. The van der Waals surface area contributed by atoms with E-state index in [9.17, 15) is 10.1 Å². The summed E-state index contributed by atoms with van der Waals surface area (Å²) in [5.74, 6) is -0.183. The van der Waals surface area contributed by atoms with Crippen molar-refractivity contribution in [1.29, 1.82) is 5.26 Å². The first kappa shape index (κ1) is 15.0. The van der Waals surface area contributed by atoms with Gasteiger partial charge in [0.25, 0.3) is 5.56 Å². The number of pyridine rings is 2. The van der Waals surface area contributed by atoms with Crippen LogP contribution in [0, 0.1) is 11.3 Å². The average Bonchev–Trinajstić information content (AvgIpc) is 2.66. The van der Waals surface area contributed by atoms with Crippen LogP contribution < -0.4 is 16.0 Å². The lowest BCUT2D eigenvalue weighted by atomic mass is 9.84. The number of nitriles is 1. The highest BCUT2D eigenvalue weighted by Gasteiger charge is 2.35. The van der Waals surface area contributed by atoms with E-state index in [1.165, 1.54) is 0 Å². The zero-order chi connectivity index (χ0) is 17.6. The number of para-hydroxylation sites is 1. The summed E-state index contributed by atoms with van der Waals surface area (Å²) in [4.78, 5) is 17.2. The van der Waals surface area contributed by atoms with Gasteiger partial charge in [-0.05, 0) is 23.8 Å². The van der Waals surface area contributed by atoms with Gasteiger partial charge in [0.2, 0.25) is 5.88 Å². The molecule has 1 aliphatic heterocycles. The summed E-state index contributed by atoms with van der Waals surface area (Å²) in [6.45, 7) is 0. The SMILES string of the molecule is Cn1c(=O)c2c(c3ccccc31)OC(N)=C(C#N)[C@@H]2c1cccnc1. The summed E-state index contributed by atoms with van der Waals surface area (Å²) in [7, 11) is 1.71. The Morgan fingerprint density at radius 2 is 2.08 bits per heavy atom. The molecule has 2 N–H and O–H groups in total. The smallest absolute Gasteiger partial charge is 0.258 e. The van der Waals surface area contributed by atoms with Crippen molar-refractivity contribution < 1.29 is 4.74 Å². The Hall–Kier alpha value is -3.59. The van der Waals surface area contributed by atoms with Crippen molar-refractivity contribution in [2.45, 2.75) is 5.92 Å². The van der Waals surface area contributed by atoms with Gasteiger partial charge in [-0.25, -0.2) is 0 Å².